The van der Waals surface area contributed by atoms with Gasteiger partial charge in [0.25, 0.3) is 0 Å². The quantitative estimate of drug-likeness (QED) is 0.737. The summed E-state index contributed by atoms with van der Waals surface area (Å²) >= 11 is 0. The lowest BCUT2D eigenvalue weighted by Crippen LogP contribution is -2.18. The van der Waals surface area contributed by atoms with E-state index in [1.807, 2.05) is 0 Å². The number of nitrogens with one attached hydrogen (secondary N) is 1. The fourth-order valence-corrected chi connectivity index (χ4v) is 1.27. The van der Waals surface area contributed by atoms with Crippen LogP contribution in [-0.2, 0) is 0 Å². The molecule has 1 aromatic rings. The lowest BCUT2D eigenvalue weighted by Gasteiger charge is -2.10. The first-order valence-electron chi connectivity index (χ1n) is 4.86. The number of hydrogen-bond acceptors (Lipinski definition) is 3. The number of H-pyrrole nitrogens is 1. The zero-order valence-corrected chi connectivity index (χ0v) is 8.12. The van der Waals surface area contributed by atoms with Crippen molar-refractivity contribution in [3.8, 4) is 0 Å². The Balaban J connectivity index is 2.11. The van der Waals surface area contributed by atoms with Crippen LogP contribution >= 0.6 is 0 Å². The topological polar surface area (TPSA) is 67.6 Å². The molecule has 1 fully saturated rings. The predicted molar refractivity (Wildman–Crippen MR) is 50.1 cm³/mol. The van der Waals surface area contributed by atoms with Crippen molar-refractivity contribution in [1.82, 2.24) is 15.2 Å². The molecule has 1 aromatic heterocycles. The molecule has 3 N–H and O–H groups in total. The van der Waals surface area contributed by atoms with Crippen LogP contribution in [0, 0.1) is 5.92 Å². The molecule has 1 aliphatic rings. The molecule has 1 atom stereocenters. The van der Waals surface area contributed by atoms with Gasteiger partial charge in [-0.3, -0.25) is 5.10 Å². The Hall–Kier alpha value is -0.900. The van der Waals surface area contributed by atoms with E-state index in [2.05, 4.69) is 29.0 Å². The van der Waals surface area contributed by atoms with E-state index in [1.165, 1.54) is 12.8 Å². The molecule has 0 aliphatic heterocycles. The van der Waals surface area contributed by atoms with Gasteiger partial charge in [-0.15, -0.1) is 0 Å². The van der Waals surface area contributed by atoms with Crippen LogP contribution in [0.5, 0.6) is 0 Å². The second-order valence-corrected chi connectivity index (χ2v) is 4.12. The molecule has 4 heteroatoms. The molecule has 0 bridgehead atoms. The maximum Gasteiger partial charge on any atom is 0.167 e. The third kappa shape index (κ3) is 1.72. The van der Waals surface area contributed by atoms with Crippen molar-refractivity contribution in [3.63, 3.8) is 0 Å². The highest BCUT2D eigenvalue weighted by Gasteiger charge is 2.28. The highest BCUT2D eigenvalue weighted by atomic mass is 15.2. The Morgan fingerprint density at radius 3 is 2.69 bits per heavy atom. The first kappa shape index (κ1) is 8.69. The summed E-state index contributed by atoms with van der Waals surface area (Å²) in [6.45, 7) is 4.16. The number of aromatic nitrogens is 3. The molecule has 0 radical (unpaired) electrons. The second-order valence-electron chi connectivity index (χ2n) is 4.12. The van der Waals surface area contributed by atoms with E-state index in [9.17, 15) is 0 Å². The van der Waals surface area contributed by atoms with Gasteiger partial charge in [0, 0.05) is 5.92 Å². The molecular weight excluding hydrogens is 164 g/mol. The fraction of sp³-hybridized carbons (Fsp3) is 0.778. The summed E-state index contributed by atoms with van der Waals surface area (Å²) in [7, 11) is 0. The third-order valence-corrected chi connectivity index (χ3v) is 2.50. The van der Waals surface area contributed by atoms with E-state index in [1.54, 1.807) is 0 Å². The average molecular weight is 180 g/mol. The van der Waals surface area contributed by atoms with Crippen LogP contribution < -0.4 is 5.73 Å². The van der Waals surface area contributed by atoms with Crippen LogP contribution in [0.2, 0.25) is 0 Å². The second kappa shape index (κ2) is 3.10. The molecular formula is C9H16N4. The van der Waals surface area contributed by atoms with Gasteiger partial charge in [-0.25, -0.2) is 4.98 Å². The summed E-state index contributed by atoms with van der Waals surface area (Å²) in [5.41, 5.74) is 5.93. The van der Waals surface area contributed by atoms with Crippen LogP contribution in [0.1, 0.15) is 50.3 Å². The van der Waals surface area contributed by atoms with E-state index in [4.69, 9.17) is 5.73 Å². The smallest absolute Gasteiger partial charge is 0.167 e. The van der Waals surface area contributed by atoms with E-state index in [0.717, 1.165) is 11.6 Å². The number of nitrogens with two attached hydrogens (primary N) is 1. The molecule has 1 aliphatic carbocycles. The molecule has 0 spiro atoms. The molecule has 0 unspecified atom stereocenters. The van der Waals surface area contributed by atoms with Crippen molar-refractivity contribution in [2.75, 3.05) is 0 Å². The minimum atomic E-state index is -0.0382. The highest BCUT2D eigenvalue weighted by Crippen LogP contribution is 2.38. The molecule has 1 saturated carbocycles. The highest BCUT2D eigenvalue weighted by molar-refractivity contribution is 5.06. The van der Waals surface area contributed by atoms with Crippen molar-refractivity contribution in [2.45, 2.75) is 38.6 Å². The van der Waals surface area contributed by atoms with Gasteiger partial charge in [0.15, 0.2) is 5.82 Å². The molecule has 2 rings (SSSR count). The van der Waals surface area contributed by atoms with Gasteiger partial charge in [-0.05, 0) is 18.8 Å². The van der Waals surface area contributed by atoms with Crippen molar-refractivity contribution in [1.29, 1.82) is 0 Å². The predicted octanol–water partition coefficient (Wildman–Crippen LogP) is 1.34. The van der Waals surface area contributed by atoms with Gasteiger partial charge in [-0.2, -0.15) is 5.10 Å². The van der Waals surface area contributed by atoms with Gasteiger partial charge in [0.2, 0.25) is 0 Å². The maximum atomic E-state index is 5.93. The Bertz CT molecular complexity index is 288. The molecule has 13 heavy (non-hydrogen) atoms. The number of aromatic amines is 1. The Morgan fingerprint density at radius 2 is 2.15 bits per heavy atom. The summed E-state index contributed by atoms with van der Waals surface area (Å²) in [5.74, 6) is 2.80. The van der Waals surface area contributed by atoms with Gasteiger partial charge in [0.1, 0.15) is 5.82 Å². The SMILES string of the molecule is CC(C)[C@H](N)c1n[nH]c(C2CC2)n1. The Morgan fingerprint density at radius 1 is 1.46 bits per heavy atom. The summed E-state index contributed by atoms with van der Waals surface area (Å²) < 4.78 is 0. The zero-order chi connectivity index (χ0) is 9.42. The van der Waals surface area contributed by atoms with Crippen molar-refractivity contribution >= 4 is 0 Å². The lowest BCUT2D eigenvalue weighted by molar-refractivity contribution is 0.491. The van der Waals surface area contributed by atoms with E-state index in [0.29, 0.717) is 11.8 Å². The van der Waals surface area contributed by atoms with Crippen LogP contribution in [0.15, 0.2) is 0 Å². The van der Waals surface area contributed by atoms with Gasteiger partial charge < -0.3 is 5.73 Å². The van der Waals surface area contributed by atoms with Crippen molar-refractivity contribution in [2.24, 2.45) is 11.7 Å². The van der Waals surface area contributed by atoms with Crippen LogP contribution in [0.3, 0.4) is 0 Å². The van der Waals surface area contributed by atoms with Gasteiger partial charge in [-0.1, -0.05) is 13.8 Å². The molecule has 4 nitrogen and oxygen atoms in total. The monoisotopic (exact) mass is 180 g/mol. The van der Waals surface area contributed by atoms with E-state index in [-0.39, 0.29) is 6.04 Å². The number of nitrogens with zero attached hydrogens (tertiary/aromatic N) is 2. The summed E-state index contributed by atoms with van der Waals surface area (Å²) in [5, 5.41) is 7.10. The minimum absolute atomic E-state index is 0.0382. The van der Waals surface area contributed by atoms with Gasteiger partial charge >= 0.3 is 0 Å². The molecule has 0 saturated heterocycles. The van der Waals surface area contributed by atoms with E-state index >= 15 is 0 Å². The molecule has 0 aromatic carbocycles. The number of rotatable bonds is 3. The summed E-state index contributed by atoms with van der Waals surface area (Å²) in [6.07, 6.45) is 2.48. The van der Waals surface area contributed by atoms with E-state index < -0.39 is 0 Å². The molecule has 1 heterocycles. The van der Waals surface area contributed by atoms with Crippen molar-refractivity contribution in [3.05, 3.63) is 11.6 Å². The minimum Gasteiger partial charge on any atom is -0.321 e. The summed E-state index contributed by atoms with van der Waals surface area (Å²) in [4.78, 5) is 4.40. The number of hydrogen-bond donors (Lipinski definition) is 2. The third-order valence-electron chi connectivity index (χ3n) is 2.50. The summed E-state index contributed by atoms with van der Waals surface area (Å²) in [6, 6.07) is -0.0382. The van der Waals surface area contributed by atoms with Gasteiger partial charge in [0.05, 0.1) is 6.04 Å². The first-order chi connectivity index (χ1) is 6.18. The fourth-order valence-electron chi connectivity index (χ4n) is 1.27. The Kier molecular flexibility index (Phi) is 2.07. The molecule has 0 amide bonds. The normalized spacial score (nSPS) is 19.4. The Labute approximate surface area is 77.9 Å². The van der Waals surface area contributed by atoms with Crippen LogP contribution in [0.4, 0.5) is 0 Å². The standard InChI is InChI=1S/C9H16N4/c1-5(2)7(10)9-11-8(12-13-9)6-3-4-6/h5-7H,3-4,10H2,1-2H3,(H,11,12,13)/t7-/m0/s1. The largest absolute Gasteiger partial charge is 0.321 e. The zero-order valence-electron chi connectivity index (χ0n) is 8.12. The maximum absolute atomic E-state index is 5.93. The van der Waals surface area contributed by atoms with Crippen molar-refractivity contribution < 1.29 is 0 Å². The molecule has 72 valence electrons. The average Bonchev–Trinajstić information content (AvgIpc) is 2.83. The van der Waals surface area contributed by atoms with Crippen LogP contribution in [0.25, 0.3) is 0 Å². The lowest BCUT2D eigenvalue weighted by atomic mass is 10.1. The first-order valence-corrected chi connectivity index (χ1v) is 4.86. The van der Waals surface area contributed by atoms with Crippen LogP contribution in [-0.4, -0.2) is 15.2 Å².